The highest BCUT2D eigenvalue weighted by Gasteiger charge is 2.18. The Morgan fingerprint density at radius 3 is 2.72 bits per heavy atom. The molecule has 0 bridgehead atoms. The molecule has 25 heavy (non-hydrogen) atoms. The number of phenols is 1. The van der Waals surface area contributed by atoms with E-state index in [1.54, 1.807) is 37.3 Å². The summed E-state index contributed by atoms with van der Waals surface area (Å²) in [6, 6.07) is 10.8. The molecule has 0 fully saturated rings. The molecule has 1 aromatic heterocycles. The van der Waals surface area contributed by atoms with Gasteiger partial charge in [0, 0.05) is 0 Å². The number of ether oxygens (including phenoxy) is 1. The Kier molecular flexibility index (Phi) is 4.38. The number of benzene rings is 2. The van der Waals surface area contributed by atoms with E-state index in [4.69, 9.17) is 4.74 Å². The minimum absolute atomic E-state index is 0.0670. The molecule has 0 atom stereocenters. The van der Waals surface area contributed by atoms with Gasteiger partial charge >= 0.3 is 0 Å². The lowest BCUT2D eigenvalue weighted by Gasteiger charge is -2.10. The first-order valence-corrected chi connectivity index (χ1v) is 7.49. The van der Waals surface area contributed by atoms with Crippen LogP contribution in [0.3, 0.4) is 0 Å². The number of nitrogens with one attached hydrogen (secondary N) is 1. The van der Waals surface area contributed by atoms with Gasteiger partial charge in [-0.25, -0.2) is 9.07 Å². The fourth-order valence-electron chi connectivity index (χ4n) is 2.46. The number of anilines is 1. The molecule has 0 aliphatic carbocycles. The van der Waals surface area contributed by atoms with Crippen LogP contribution < -0.4 is 10.1 Å². The first kappa shape index (κ1) is 16.5. The third-order valence-electron chi connectivity index (χ3n) is 3.80. The Bertz CT molecular complexity index is 937. The van der Waals surface area contributed by atoms with E-state index < -0.39 is 11.7 Å². The summed E-state index contributed by atoms with van der Waals surface area (Å²) in [5.74, 6) is -0.988. The van der Waals surface area contributed by atoms with Gasteiger partial charge in [0.25, 0.3) is 5.91 Å². The van der Waals surface area contributed by atoms with E-state index >= 15 is 0 Å². The summed E-state index contributed by atoms with van der Waals surface area (Å²) in [4.78, 5) is 12.4. The molecular weight excluding hydrogens is 325 g/mol. The molecule has 2 N–H and O–H groups in total. The average molecular weight is 341 g/mol. The Hall–Kier alpha value is -3.35. The number of hydrogen-bond donors (Lipinski definition) is 2. The summed E-state index contributed by atoms with van der Waals surface area (Å²) in [7, 11) is 1.40. The fourth-order valence-corrected chi connectivity index (χ4v) is 2.46. The second-order valence-corrected chi connectivity index (χ2v) is 5.32. The molecule has 0 saturated heterocycles. The van der Waals surface area contributed by atoms with E-state index in [-0.39, 0.29) is 22.7 Å². The first-order chi connectivity index (χ1) is 12.0. The molecule has 128 valence electrons. The van der Waals surface area contributed by atoms with Gasteiger partial charge in [0.05, 0.1) is 30.3 Å². The Morgan fingerprint density at radius 2 is 2.00 bits per heavy atom. The quantitative estimate of drug-likeness (QED) is 0.763. The molecular formula is C18H16FN3O3. The van der Waals surface area contributed by atoms with Crippen LogP contribution in [0.25, 0.3) is 5.69 Å². The maximum Gasteiger partial charge on any atom is 0.259 e. The molecule has 3 aromatic rings. The highest BCUT2D eigenvalue weighted by Crippen LogP contribution is 2.30. The SMILES string of the molecule is COc1cccc(C(=O)Nc2cnn(-c3ccccc3F)c2C)c1O. The monoisotopic (exact) mass is 341 g/mol. The Morgan fingerprint density at radius 1 is 1.24 bits per heavy atom. The number of phenolic OH excluding ortho intramolecular Hbond substituents is 1. The van der Waals surface area contributed by atoms with Crippen molar-refractivity contribution in [2.45, 2.75) is 6.92 Å². The van der Waals surface area contributed by atoms with Gasteiger partial charge < -0.3 is 15.2 Å². The molecule has 7 heteroatoms. The summed E-state index contributed by atoms with van der Waals surface area (Å²) in [5.41, 5.74) is 1.32. The van der Waals surface area contributed by atoms with Crippen molar-refractivity contribution in [3.63, 3.8) is 0 Å². The van der Waals surface area contributed by atoms with Gasteiger partial charge in [0.1, 0.15) is 11.5 Å². The van der Waals surface area contributed by atoms with Crippen LogP contribution >= 0.6 is 0 Å². The summed E-state index contributed by atoms with van der Waals surface area (Å²) < 4.78 is 20.3. The number of halogens is 1. The van der Waals surface area contributed by atoms with Gasteiger partial charge in [-0.3, -0.25) is 4.79 Å². The molecule has 0 aliphatic rings. The Balaban J connectivity index is 1.90. The number of para-hydroxylation sites is 2. The highest BCUT2D eigenvalue weighted by atomic mass is 19.1. The lowest BCUT2D eigenvalue weighted by atomic mass is 10.1. The molecule has 2 aromatic carbocycles. The summed E-state index contributed by atoms with van der Waals surface area (Å²) in [6.07, 6.45) is 1.43. The number of amides is 1. The fraction of sp³-hybridized carbons (Fsp3) is 0.111. The maximum atomic E-state index is 13.9. The highest BCUT2D eigenvalue weighted by molar-refractivity contribution is 6.06. The normalized spacial score (nSPS) is 10.5. The number of hydrogen-bond acceptors (Lipinski definition) is 4. The van der Waals surface area contributed by atoms with Crippen LogP contribution in [0.1, 0.15) is 16.1 Å². The van der Waals surface area contributed by atoms with Gasteiger partial charge in [0.2, 0.25) is 0 Å². The number of methoxy groups -OCH3 is 1. The van der Waals surface area contributed by atoms with Crippen molar-refractivity contribution in [1.29, 1.82) is 0 Å². The maximum absolute atomic E-state index is 13.9. The van der Waals surface area contributed by atoms with Gasteiger partial charge in [-0.2, -0.15) is 5.10 Å². The van der Waals surface area contributed by atoms with Crippen molar-refractivity contribution in [3.8, 4) is 17.2 Å². The van der Waals surface area contributed by atoms with Crippen LogP contribution in [-0.2, 0) is 0 Å². The van der Waals surface area contributed by atoms with E-state index in [1.807, 2.05) is 0 Å². The zero-order chi connectivity index (χ0) is 18.0. The van der Waals surface area contributed by atoms with Gasteiger partial charge in [-0.1, -0.05) is 18.2 Å². The van der Waals surface area contributed by atoms with Crippen LogP contribution in [-0.4, -0.2) is 27.9 Å². The molecule has 1 heterocycles. The molecule has 0 radical (unpaired) electrons. The van der Waals surface area contributed by atoms with Crippen molar-refractivity contribution >= 4 is 11.6 Å². The van der Waals surface area contributed by atoms with E-state index in [1.165, 1.54) is 30.1 Å². The van der Waals surface area contributed by atoms with Crippen LogP contribution in [0, 0.1) is 12.7 Å². The Labute approximate surface area is 143 Å². The van der Waals surface area contributed by atoms with E-state index in [2.05, 4.69) is 10.4 Å². The van der Waals surface area contributed by atoms with Crippen molar-refractivity contribution in [1.82, 2.24) is 9.78 Å². The first-order valence-electron chi connectivity index (χ1n) is 7.49. The molecule has 0 aliphatic heterocycles. The molecule has 0 spiro atoms. The largest absolute Gasteiger partial charge is 0.504 e. The third-order valence-corrected chi connectivity index (χ3v) is 3.80. The number of rotatable bonds is 4. The van der Waals surface area contributed by atoms with Crippen molar-refractivity contribution < 1.29 is 19.0 Å². The molecule has 0 unspecified atom stereocenters. The zero-order valence-electron chi connectivity index (χ0n) is 13.7. The predicted octanol–water partition coefficient (Wildman–Crippen LogP) is 3.29. The average Bonchev–Trinajstić information content (AvgIpc) is 2.96. The summed E-state index contributed by atoms with van der Waals surface area (Å²) >= 11 is 0. The number of aromatic hydroxyl groups is 1. The minimum Gasteiger partial charge on any atom is -0.504 e. The lowest BCUT2D eigenvalue weighted by molar-refractivity contribution is 0.102. The van der Waals surface area contributed by atoms with Gasteiger partial charge in [0.15, 0.2) is 11.5 Å². The van der Waals surface area contributed by atoms with E-state index in [9.17, 15) is 14.3 Å². The van der Waals surface area contributed by atoms with E-state index in [0.29, 0.717) is 11.4 Å². The van der Waals surface area contributed by atoms with Crippen LogP contribution in [0.5, 0.6) is 11.5 Å². The predicted molar refractivity (Wildman–Crippen MR) is 90.9 cm³/mol. The van der Waals surface area contributed by atoms with Crippen molar-refractivity contribution in [2.75, 3.05) is 12.4 Å². The summed E-state index contributed by atoms with van der Waals surface area (Å²) in [5, 5.41) is 16.9. The van der Waals surface area contributed by atoms with Gasteiger partial charge in [-0.05, 0) is 31.2 Å². The second kappa shape index (κ2) is 6.64. The standard InChI is InChI=1S/C18H16FN3O3/c1-11-14(10-20-22(11)15-8-4-3-7-13(15)19)21-18(24)12-6-5-9-16(25-2)17(12)23/h3-10,23H,1-2H3,(H,21,24). The number of nitrogens with zero attached hydrogens (tertiary/aromatic N) is 2. The third kappa shape index (κ3) is 3.03. The van der Waals surface area contributed by atoms with Crippen molar-refractivity contribution in [3.05, 3.63) is 65.7 Å². The number of aromatic nitrogens is 2. The van der Waals surface area contributed by atoms with Gasteiger partial charge in [-0.15, -0.1) is 0 Å². The minimum atomic E-state index is -0.521. The van der Waals surface area contributed by atoms with Crippen molar-refractivity contribution in [2.24, 2.45) is 0 Å². The molecule has 0 saturated carbocycles. The number of carbonyl (C=O) groups excluding carboxylic acids is 1. The van der Waals surface area contributed by atoms with Crippen LogP contribution in [0.15, 0.2) is 48.7 Å². The summed E-state index contributed by atoms with van der Waals surface area (Å²) in [6.45, 7) is 1.71. The smallest absolute Gasteiger partial charge is 0.259 e. The lowest BCUT2D eigenvalue weighted by Crippen LogP contribution is -2.13. The molecule has 3 rings (SSSR count). The van der Waals surface area contributed by atoms with Crippen LogP contribution in [0.4, 0.5) is 10.1 Å². The van der Waals surface area contributed by atoms with Crippen LogP contribution in [0.2, 0.25) is 0 Å². The topological polar surface area (TPSA) is 76.4 Å². The van der Waals surface area contributed by atoms with E-state index in [0.717, 1.165) is 0 Å². The zero-order valence-corrected chi connectivity index (χ0v) is 13.7. The molecule has 6 nitrogen and oxygen atoms in total. The number of carbonyl (C=O) groups is 1. The second-order valence-electron chi connectivity index (χ2n) is 5.32. The molecule has 1 amide bonds.